The summed E-state index contributed by atoms with van der Waals surface area (Å²) in [4.78, 5) is 3.90. The summed E-state index contributed by atoms with van der Waals surface area (Å²) < 4.78 is 29.5. The summed E-state index contributed by atoms with van der Waals surface area (Å²) in [6, 6.07) is 0. The van der Waals surface area contributed by atoms with E-state index in [-0.39, 0.29) is 41.2 Å². The van der Waals surface area contributed by atoms with Gasteiger partial charge >= 0.3 is 29.6 Å². The summed E-state index contributed by atoms with van der Waals surface area (Å²) in [5, 5.41) is 11.5. The molecule has 0 spiro atoms. The van der Waals surface area contributed by atoms with E-state index in [9.17, 15) is 13.5 Å². The van der Waals surface area contributed by atoms with Crippen molar-refractivity contribution in [3.05, 3.63) is 0 Å². The molecule has 23 heavy (non-hydrogen) atoms. The van der Waals surface area contributed by atoms with Gasteiger partial charge in [0.1, 0.15) is 0 Å². The Morgan fingerprint density at radius 2 is 1.43 bits per heavy atom. The Balaban J connectivity index is 0. The fourth-order valence-electron chi connectivity index (χ4n) is 2.27. The second kappa shape index (κ2) is 17.2. The van der Waals surface area contributed by atoms with Crippen LogP contribution in [-0.4, -0.2) is 31.2 Å². The second-order valence-corrected chi connectivity index (χ2v) is 7.42. The van der Waals surface area contributed by atoms with Crippen LogP contribution in [0.15, 0.2) is 4.99 Å². The zero-order chi connectivity index (χ0) is 16.7. The van der Waals surface area contributed by atoms with E-state index in [1.807, 2.05) is 0 Å². The van der Waals surface area contributed by atoms with Crippen molar-refractivity contribution in [2.75, 3.05) is 12.3 Å². The molecule has 0 saturated carbocycles. The van der Waals surface area contributed by atoms with E-state index in [1.54, 1.807) is 0 Å². The minimum atomic E-state index is -3.88. The maximum atomic E-state index is 11.5. The number of unbranched alkanes of at least 4 members (excludes halogenated alkanes) is 9. The molecule has 0 heterocycles. The van der Waals surface area contributed by atoms with Gasteiger partial charge in [-0.25, -0.2) is 0 Å². The fraction of sp³-hybridized carbons (Fsp3) is 0.938. The SMILES string of the molecule is CCCCCCCCCCCC([O-])=NCCCCS(=O)(=O)O.[Na+]. The molecule has 0 aliphatic rings. The molecule has 0 rings (SSSR count). The van der Waals surface area contributed by atoms with Gasteiger partial charge in [-0.3, -0.25) is 4.55 Å². The molecule has 0 fully saturated rings. The van der Waals surface area contributed by atoms with Gasteiger partial charge in [0.25, 0.3) is 10.1 Å². The largest absolute Gasteiger partial charge is 1.00 e. The molecule has 0 saturated heterocycles. The Hall–Kier alpha value is 0.380. The molecule has 0 aliphatic heterocycles. The third-order valence-corrected chi connectivity index (χ3v) is 4.40. The molecule has 0 unspecified atom stereocenters. The molecule has 0 aliphatic carbocycles. The minimum Gasteiger partial charge on any atom is -0.862 e. The number of hydrogen-bond acceptors (Lipinski definition) is 4. The molecule has 0 aromatic rings. The van der Waals surface area contributed by atoms with E-state index >= 15 is 0 Å². The smallest absolute Gasteiger partial charge is 0.862 e. The van der Waals surface area contributed by atoms with Gasteiger partial charge in [-0.15, -0.1) is 0 Å². The molecule has 0 radical (unpaired) electrons. The first-order chi connectivity index (χ1) is 10.5. The maximum Gasteiger partial charge on any atom is 1.00 e. The van der Waals surface area contributed by atoms with Crippen molar-refractivity contribution >= 4 is 16.0 Å². The average Bonchev–Trinajstić information content (AvgIpc) is 2.44. The van der Waals surface area contributed by atoms with E-state index < -0.39 is 10.1 Å². The van der Waals surface area contributed by atoms with Gasteiger partial charge in [0, 0.05) is 6.54 Å². The van der Waals surface area contributed by atoms with Crippen LogP contribution in [0.5, 0.6) is 0 Å². The van der Waals surface area contributed by atoms with Crippen molar-refractivity contribution in [1.82, 2.24) is 0 Å². The zero-order valence-corrected chi connectivity index (χ0v) is 17.7. The molecule has 1 N–H and O–H groups in total. The van der Waals surface area contributed by atoms with Crippen LogP contribution in [-0.2, 0) is 10.1 Å². The summed E-state index contributed by atoms with van der Waals surface area (Å²) >= 11 is 0. The first-order valence-electron chi connectivity index (χ1n) is 8.61. The van der Waals surface area contributed by atoms with Crippen LogP contribution in [0.3, 0.4) is 0 Å². The van der Waals surface area contributed by atoms with Gasteiger partial charge in [-0.05, 0) is 31.6 Å². The van der Waals surface area contributed by atoms with Crippen molar-refractivity contribution < 1.29 is 47.6 Å². The number of rotatable bonds is 15. The van der Waals surface area contributed by atoms with Crippen molar-refractivity contribution in [1.29, 1.82) is 0 Å². The summed E-state index contributed by atoms with van der Waals surface area (Å²) in [5.74, 6) is -0.343. The first kappa shape index (κ1) is 25.6. The Kier molecular flexibility index (Phi) is 19.2. The predicted molar refractivity (Wildman–Crippen MR) is 89.8 cm³/mol. The molecule has 7 heteroatoms. The Morgan fingerprint density at radius 3 is 1.96 bits per heavy atom. The van der Waals surface area contributed by atoms with E-state index in [4.69, 9.17) is 4.55 Å². The van der Waals surface area contributed by atoms with E-state index in [0.29, 0.717) is 25.8 Å². The van der Waals surface area contributed by atoms with Crippen molar-refractivity contribution in [3.8, 4) is 0 Å². The van der Waals surface area contributed by atoms with Crippen molar-refractivity contribution in [2.24, 2.45) is 4.99 Å². The minimum absolute atomic E-state index is 0. The molecule has 0 aromatic heterocycles. The van der Waals surface area contributed by atoms with Crippen LogP contribution in [0.4, 0.5) is 0 Å². The number of aliphatic imine (C=N–C) groups is 1. The monoisotopic (exact) mass is 357 g/mol. The standard InChI is InChI=1S/C16H33NO4S.Na/c1-2-3-4-5-6-7-8-9-10-13-16(18)17-14-11-12-15-22(19,20)21;/h2-15H2,1H3,(H,17,18)(H,19,20,21);/q;+1/p-1. The Bertz CT molecular complexity index is 386. The number of hydrogen-bond donors (Lipinski definition) is 1. The third kappa shape index (κ3) is 22.4. The van der Waals surface area contributed by atoms with Crippen LogP contribution in [0, 0.1) is 0 Å². The van der Waals surface area contributed by atoms with Gasteiger partial charge in [0.2, 0.25) is 0 Å². The van der Waals surface area contributed by atoms with Gasteiger partial charge in [0.05, 0.1) is 5.75 Å². The van der Waals surface area contributed by atoms with Gasteiger partial charge in [-0.2, -0.15) is 8.42 Å². The molecular formula is C16H32NNaO4S. The quantitative estimate of drug-likeness (QED) is 0.150. The third-order valence-electron chi connectivity index (χ3n) is 3.59. The van der Waals surface area contributed by atoms with Crippen LogP contribution >= 0.6 is 0 Å². The van der Waals surface area contributed by atoms with Gasteiger partial charge in [-0.1, -0.05) is 58.3 Å². The Labute approximate surface area is 164 Å². The summed E-state index contributed by atoms with van der Waals surface area (Å²) in [7, 11) is -3.88. The molecule has 0 atom stereocenters. The molecule has 0 aromatic carbocycles. The summed E-state index contributed by atoms with van der Waals surface area (Å²) in [5.41, 5.74) is 0. The molecular weight excluding hydrogens is 325 g/mol. The van der Waals surface area contributed by atoms with E-state index in [0.717, 1.165) is 12.8 Å². The van der Waals surface area contributed by atoms with Crippen LogP contribution in [0.25, 0.3) is 0 Å². The molecule has 5 nitrogen and oxygen atoms in total. The van der Waals surface area contributed by atoms with Crippen molar-refractivity contribution in [2.45, 2.75) is 84.0 Å². The Morgan fingerprint density at radius 1 is 0.913 bits per heavy atom. The number of nitrogens with zero attached hydrogens (tertiary/aromatic N) is 1. The fourth-order valence-corrected chi connectivity index (χ4v) is 2.83. The van der Waals surface area contributed by atoms with Crippen LogP contribution in [0.2, 0.25) is 0 Å². The predicted octanol–water partition coefficient (Wildman–Crippen LogP) is 0.338. The summed E-state index contributed by atoms with van der Waals surface area (Å²) in [6.07, 6.45) is 12.3. The second-order valence-electron chi connectivity index (χ2n) is 5.85. The van der Waals surface area contributed by atoms with Gasteiger partial charge < -0.3 is 10.1 Å². The van der Waals surface area contributed by atoms with Crippen LogP contribution in [0.1, 0.15) is 84.0 Å². The normalized spacial score (nSPS) is 12.2. The molecule has 132 valence electrons. The zero-order valence-electron chi connectivity index (χ0n) is 14.9. The topological polar surface area (TPSA) is 89.8 Å². The van der Waals surface area contributed by atoms with E-state index in [1.165, 1.54) is 44.9 Å². The van der Waals surface area contributed by atoms with E-state index in [2.05, 4.69) is 11.9 Å². The van der Waals surface area contributed by atoms with Crippen LogP contribution < -0.4 is 34.7 Å². The molecule has 0 bridgehead atoms. The summed E-state index contributed by atoms with van der Waals surface area (Å²) in [6.45, 7) is 2.57. The first-order valence-corrected chi connectivity index (χ1v) is 10.2. The van der Waals surface area contributed by atoms with Gasteiger partial charge in [0.15, 0.2) is 0 Å². The maximum absolute atomic E-state index is 11.5. The average molecular weight is 357 g/mol. The molecule has 0 amide bonds. The van der Waals surface area contributed by atoms with Crippen molar-refractivity contribution in [3.63, 3.8) is 0 Å².